The predicted molar refractivity (Wildman–Crippen MR) is 56.2 cm³/mol. The van der Waals surface area contributed by atoms with Crippen molar-refractivity contribution in [1.82, 2.24) is 0 Å². The second kappa shape index (κ2) is 3.68. The molecule has 0 nitrogen and oxygen atoms in total. The number of hydrogen-bond acceptors (Lipinski definition) is 0. The summed E-state index contributed by atoms with van der Waals surface area (Å²) in [4.78, 5) is 4.74. The molecule has 0 spiro atoms. The normalized spacial score (nSPS) is 14.5. The van der Waals surface area contributed by atoms with Crippen LogP contribution >= 0.6 is 0 Å². The number of benzene rings is 1. The third kappa shape index (κ3) is 1.64. The van der Waals surface area contributed by atoms with Crippen LogP contribution in [0.2, 0.25) is 0 Å². The van der Waals surface area contributed by atoms with Gasteiger partial charge in [0.1, 0.15) is 0 Å². The topological polar surface area (TPSA) is 0 Å². The molecule has 0 amide bonds. The van der Waals surface area contributed by atoms with Crippen molar-refractivity contribution in [2.45, 2.75) is 0 Å². The van der Waals surface area contributed by atoms with Gasteiger partial charge in [0.15, 0.2) is 0 Å². The van der Waals surface area contributed by atoms with Crippen LogP contribution in [0.1, 0.15) is 0 Å². The molecule has 1 aromatic rings. The van der Waals surface area contributed by atoms with E-state index in [1.54, 1.807) is 0 Å². The molecular formula is C11H10Ge. The predicted octanol–water partition coefficient (Wildman–Crippen LogP) is 1.44. The van der Waals surface area contributed by atoms with Gasteiger partial charge in [0.25, 0.3) is 0 Å². The molecule has 12 heavy (non-hydrogen) atoms. The molecule has 0 atom stereocenters. The van der Waals surface area contributed by atoms with Gasteiger partial charge in [0.05, 0.1) is 0 Å². The van der Waals surface area contributed by atoms with Gasteiger partial charge in [-0.05, 0) is 0 Å². The fourth-order valence-electron chi connectivity index (χ4n) is 1.26. The molecule has 1 heteroatoms. The van der Waals surface area contributed by atoms with E-state index in [4.69, 9.17) is 0 Å². The Kier molecular flexibility index (Phi) is 2.37. The molecule has 0 bridgehead atoms. The number of rotatable bonds is 1. The van der Waals surface area contributed by atoms with Gasteiger partial charge in [-0.25, -0.2) is 0 Å². The molecule has 0 saturated carbocycles. The van der Waals surface area contributed by atoms with Gasteiger partial charge in [-0.15, -0.1) is 0 Å². The van der Waals surface area contributed by atoms with Crippen LogP contribution in [-0.4, -0.2) is 18.8 Å². The fourth-order valence-corrected chi connectivity index (χ4v) is 4.85. The maximum absolute atomic E-state index is 2.37. The van der Waals surface area contributed by atoms with E-state index < -0.39 is 13.9 Å². The summed E-state index contributed by atoms with van der Waals surface area (Å²) in [6.45, 7) is 0. The van der Waals surface area contributed by atoms with Gasteiger partial charge >= 0.3 is 76.6 Å². The van der Waals surface area contributed by atoms with Crippen molar-refractivity contribution < 1.29 is 0 Å². The molecule has 1 aromatic carbocycles. The minimum absolute atomic E-state index is 1.15. The molecule has 0 unspecified atom stereocenters. The molecule has 0 N–H and O–H groups in total. The SMILES string of the molecule is C1=C[CH]=[Ge]([c]2ccccc2)[CH]=C1. The Hall–Kier alpha value is -0.887. The molecular weight excluding hydrogens is 205 g/mol. The van der Waals surface area contributed by atoms with Crippen LogP contribution in [0.3, 0.4) is 0 Å². The van der Waals surface area contributed by atoms with Crippen molar-refractivity contribution in [1.29, 1.82) is 0 Å². The average molecular weight is 215 g/mol. The quantitative estimate of drug-likeness (QED) is 0.621. The van der Waals surface area contributed by atoms with Crippen molar-refractivity contribution in [2.24, 2.45) is 0 Å². The van der Waals surface area contributed by atoms with Crippen molar-refractivity contribution in [2.75, 3.05) is 0 Å². The molecule has 0 saturated heterocycles. The van der Waals surface area contributed by atoms with Crippen molar-refractivity contribution >= 4 is 23.2 Å². The molecule has 1 aliphatic rings. The van der Waals surface area contributed by atoms with E-state index in [9.17, 15) is 0 Å². The third-order valence-corrected chi connectivity index (χ3v) is 6.29. The van der Waals surface area contributed by atoms with E-state index in [0.717, 1.165) is 0 Å². The summed E-state index contributed by atoms with van der Waals surface area (Å²) >= 11 is -1.15. The zero-order valence-electron chi connectivity index (χ0n) is 6.77. The fraction of sp³-hybridized carbons (Fsp3) is 0. The third-order valence-electron chi connectivity index (χ3n) is 1.88. The van der Waals surface area contributed by atoms with Crippen LogP contribution in [0, 0.1) is 0 Å². The Morgan fingerprint density at radius 2 is 1.67 bits per heavy atom. The van der Waals surface area contributed by atoms with Crippen LogP contribution in [0.15, 0.2) is 53.5 Å². The molecule has 2 rings (SSSR count). The summed E-state index contributed by atoms with van der Waals surface area (Å²) in [5.41, 5.74) is 0. The zero-order chi connectivity index (χ0) is 8.23. The van der Waals surface area contributed by atoms with Crippen LogP contribution in [0.25, 0.3) is 0 Å². The first-order valence-corrected chi connectivity index (χ1v) is 7.54. The summed E-state index contributed by atoms with van der Waals surface area (Å²) in [7, 11) is 0. The van der Waals surface area contributed by atoms with E-state index in [1.165, 1.54) is 4.40 Å². The molecule has 0 radical (unpaired) electrons. The van der Waals surface area contributed by atoms with Gasteiger partial charge in [-0.1, -0.05) is 0 Å². The molecule has 1 aliphatic heterocycles. The van der Waals surface area contributed by atoms with E-state index in [0.29, 0.717) is 0 Å². The van der Waals surface area contributed by atoms with Crippen LogP contribution in [-0.2, 0) is 0 Å². The Balaban J connectivity index is 2.38. The van der Waals surface area contributed by atoms with Crippen LogP contribution < -0.4 is 4.40 Å². The Labute approximate surface area is 76.9 Å². The molecule has 0 aliphatic carbocycles. The minimum atomic E-state index is -1.15. The zero-order valence-corrected chi connectivity index (χ0v) is 8.87. The van der Waals surface area contributed by atoms with Crippen LogP contribution in [0.5, 0.6) is 0 Å². The van der Waals surface area contributed by atoms with Crippen LogP contribution in [0.4, 0.5) is 0 Å². The monoisotopic (exact) mass is 216 g/mol. The summed E-state index contributed by atoms with van der Waals surface area (Å²) < 4.78 is 1.53. The second-order valence-corrected chi connectivity index (χ2v) is 7.25. The summed E-state index contributed by atoms with van der Waals surface area (Å²) in [5, 5.41) is 0. The Morgan fingerprint density at radius 3 is 2.33 bits per heavy atom. The molecule has 0 aromatic heterocycles. The summed E-state index contributed by atoms with van der Waals surface area (Å²) in [5.74, 6) is 0. The van der Waals surface area contributed by atoms with E-state index in [-0.39, 0.29) is 0 Å². The van der Waals surface area contributed by atoms with Gasteiger partial charge in [0, 0.05) is 0 Å². The van der Waals surface area contributed by atoms with E-state index in [1.807, 2.05) is 0 Å². The maximum atomic E-state index is 2.37. The summed E-state index contributed by atoms with van der Waals surface area (Å²) in [6, 6.07) is 10.8. The van der Waals surface area contributed by atoms with Gasteiger partial charge < -0.3 is 0 Å². The average Bonchev–Trinajstić information content (AvgIpc) is 2.21. The summed E-state index contributed by atoms with van der Waals surface area (Å²) in [6.07, 6.45) is 6.43. The van der Waals surface area contributed by atoms with E-state index >= 15 is 0 Å². The van der Waals surface area contributed by atoms with Crippen molar-refractivity contribution in [3.05, 3.63) is 53.5 Å². The standard InChI is InChI=1S/C11H10Ge/c1-3-7-11(8-4-1)12-9-5-2-6-10-12/h1-10H. The number of allylic oxidation sites excluding steroid dienone is 3. The number of hydrogen-bond donors (Lipinski definition) is 0. The van der Waals surface area contributed by atoms with Gasteiger partial charge in [0.2, 0.25) is 0 Å². The first kappa shape index (κ1) is 7.75. The first-order chi connectivity index (χ1) is 5.97. The first-order valence-electron chi connectivity index (χ1n) is 4.07. The van der Waals surface area contributed by atoms with Crippen molar-refractivity contribution in [3.63, 3.8) is 0 Å². The van der Waals surface area contributed by atoms with Gasteiger partial charge in [-0.3, -0.25) is 0 Å². The second-order valence-electron chi connectivity index (χ2n) is 2.73. The Bertz CT molecular complexity index is 345. The van der Waals surface area contributed by atoms with E-state index in [2.05, 4.69) is 58.3 Å². The molecule has 1 heterocycles. The van der Waals surface area contributed by atoms with Crippen molar-refractivity contribution in [3.8, 4) is 0 Å². The molecule has 0 fully saturated rings. The van der Waals surface area contributed by atoms with Gasteiger partial charge in [-0.2, -0.15) is 0 Å². The molecule has 58 valence electrons. The Morgan fingerprint density at radius 1 is 0.833 bits per heavy atom.